The molecule has 4 rings (SSSR count). The van der Waals surface area contributed by atoms with Crippen molar-refractivity contribution in [2.24, 2.45) is 7.05 Å². The van der Waals surface area contributed by atoms with Crippen LogP contribution in [-0.2, 0) is 27.7 Å². The van der Waals surface area contributed by atoms with Crippen molar-refractivity contribution in [3.05, 3.63) is 58.6 Å². The second-order valence-electron chi connectivity index (χ2n) is 9.32. The van der Waals surface area contributed by atoms with Crippen molar-refractivity contribution in [1.29, 1.82) is 5.26 Å². The van der Waals surface area contributed by atoms with Crippen LogP contribution in [0.4, 0.5) is 4.79 Å². The third-order valence-corrected chi connectivity index (χ3v) is 6.55. The van der Waals surface area contributed by atoms with Gasteiger partial charge in [0.05, 0.1) is 31.3 Å². The van der Waals surface area contributed by atoms with E-state index in [4.69, 9.17) is 13.9 Å². The minimum Gasteiger partial charge on any atom is -0.465 e. The summed E-state index contributed by atoms with van der Waals surface area (Å²) in [6, 6.07) is 14.3. The van der Waals surface area contributed by atoms with Gasteiger partial charge >= 0.3 is 11.8 Å². The molecule has 1 saturated heterocycles. The van der Waals surface area contributed by atoms with Crippen molar-refractivity contribution in [2.75, 3.05) is 26.8 Å². The van der Waals surface area contributed by atoms with Crippen LogP contribution in [0.25, 0.3) is 22.2 Å². The van der Waals surface area contributed by atoms with Gasteiger partial charge in [0, 0.05) is 20.6 Å². The number of benzene rings is 2. The first-order chi connectivity index (χ1) is 17.6. The molecule has 0 radical (unpaired) electrons. The van der Waals surface area contributed by atoms with Gasteiger partial charge in [-0.15, -0.1) is 0 Å². The predicted molar refractivity (Wildman–Crippen MR) is 133 cm³/mol. The molecule has 1 aromatic heterocycles. The molecule has 1 aliphatic rings. The van der Waals surface area contributed by atoms with E-state index >= 15 is 0 Å². The summed E-state index contributed by atoms with van der Waals surface area (Å²) in [7, 11) is 3.10. The average molecular weight is 509 g/mol. The van der Waals surface area contributed by atoms with Crippen LogP contribution >= 0.6 is 0 Å². The summed E-state index contributed by atoms with van der Waals surface area (Å²) in [5.74, 6) is -0.987. The third-order valence-electron chi connectivity index (χ3n) is 6.55. The largest absolute Gasteiger partial charge is 0.465 e. The number of nitrogens with zero attached hydrogens (tertiary/aromatic N) is 3. The molecule has 194 valence electrons. The van der Waals surface area contributed by atoms with Gasteiger partial charge in [-0.1, -0.05) is 30.3 Å². The molecule has 11 heteroatoms. The SMILES string of the molecule is CO[C@]1(C)CO[C@H](C(=O)N[C@H](C#N)Cc2ccc(-c3ccc4oc(=O)n(C)c4c3)cc2)CN(C(=O)O)C1. The van der Waals surface area contributed by atoms with Crippen LogP contribution in [-0.4, -0.2) is 71.1 Å². The summed E-state index contributed by atoms with van der Waals surface area (Å²) in [4.78, 5) is 37.3. The Labute approximate surface area is 212 Å². The first-order valence-corrected chi connectivity index (χ1v) is 11.7. The molecule has 0 bridgehead atoms. The number of aryl methyl sites for hydroxylation is 1. The lowest BCUT2D eigenvalue weighted by Crippen LogP contribution is -2.48. The van der Waals surface area contributed by atoms with Gasteiger partial charge in [0.2, 0.25) is 0 Å². The lowest BCUT2D eigenvalue weighted by Gasteiger charge is -2.28. The zero-order valence-electron chi connectivity index (χ0n) is 20.8. The van der Waals surface area contributed by atoms with E-state index in [0.29, 0.717) is 11.1 Å². The van der Waals surface area contributed by atoms with Gasteiger partial charge < -0.3 is 29.2 Å². The number of hydrogen-bond acceptors (Lipinski definition) is 7. The van der Waals surface area contributed by atoms with E-state index in [1.165, 1.54) is 11.7 Å². The van der Waals surface area contributed by atoms with Crippen LogP contribution in [0, 0.1) is 11.3 Å². The minimum atomic E-state index is -1.18. The zero-order valence-corrected chi connectivity index (χ0v) is 20.8. The molecule has 11 nitrogen and oxygen atoms in total. The van der Waals surface area contributed by atoms with E-state index in [9.17, 15) is 24.8 Å². The standard InChI is InChI=1S/C26H28N4O7/c1-26(35-3)14-30(24(32)33)13-22(36-15-26)23(31)28-19(12-27)10-16-4-6-17(7-5-16)18-8-9-21-20(11-18)29(2)25(34)37-21/h4-9,11,19,22H,10,13-15H2,1-3H3,(H,28,31)(H,32,33)/t19-,22-,26-/m0/s1. The topological polar surface area (TPSA) is 147 Å². The predicted octanol–water partition coefficient (Wildman–Crippen LogP) is 2.13. The van der Waals surface area contributed by atoms with E-state index in [0.717, 1.165) is 21.6 Å². The van der Waals surface area contributed by atoms with Crippen LogP contribution in [0.1, 0.15) is 12.5 Å². The number of oxazole rings is 1. The number of carbonyl (C=O) groups excluding carboxylic acids is 1. The Bertz CT molecular complexity index is 1410. The molecule has 2 heterocycles. The summed E-state index contributed by atoms with van der Waals surface area (Å²) < 4.78 is 17.7. The number of nitrogens with one attached hydrogen (secondary N) is 1. The number of aromatic nitrogens is 1. The highest BCUT2D eigenvalue weighted by atomic mass is 16.5. The third kappa shape index (κ3) is 5.66. The van der Waals surface area contributed by atoms with Crippen molar-refractivity contribution in [1.82, 2.24) is 14.8 Å². The first kappa shape index (κ1) is 25.9. The molecule has 2 aromatic carbocycles. The molecule has 2 N–H and O–H groups in total. The maximum absolute atomic E-state index is 12.9. The number of hydrogen-bond donors (Lipinski definition) is 2. The van der Waals surface area contributed by atoms with Gasteiger partial charge in [-0.2, -0.15) is 5.26 Å². The fraction of sp³-hybridized carbons (Fsp3) is 0.385. The highest BCUT2D eigenvalue weighted by Crippen LogP contribution is 2.25. The van der Waals surface area contributed by atoms with Crippen molar-refractivity contribution >= 4 is 23.1 Å². The van der Waals surface area contributed by atoms with Crippen molar-refractivity contribution in [3.8, 4) is 17.2 Å². The normalized spacial score (nSPS) is 20.7. The Hall–Kier alpha value is -4.14. The van der Waals surface area contributed by atoms with E-state index in [2.05, 4.69) is 11.4 Å². The zero-order chi connectivity index (χ0) is 26.7. The monoisotopic (exact) mass is 508 g/mol. The molecule has 3 atom stereocenters. The van der Waals surface area contributed by atoms with Crippen LogP contribution in [0.5, 0.6) is 0 Å². The van der Waals surface area contributed by atoms with Crippen molar-refractivity contribution < 1.29 is 28.6 Å². The van der Waals surface area contributed by atoms with Crippen LogP contribution in [0.15, 0.2) is 51.7 Å². The first-order valence-electron chi connectivity index (χ1n) is 11.7. The molecule has 0 aliphatic carbocycles. The van der Waals surface area contributed by atoms with Gasteiger partial charge in [-0.3, -0.25) is 9.36 Å². The smallest absolute Gasteiger partial charge is 0.419 e. The van der Waals surface area contributed by atoms with E-state index < -0.39 is 35.5 Å². The lowest BCUT2D eigenvalue weighted by atomic mass is 10.0. The average Bonchev–Trinajstić information content (AvgIpc) is 3.05. The Morgan fingerprint density at radius 1 is 1.27 bits per heavy atom. The quantitative estimate of drug-likeness (QED) is 0.515. The van der Waals surface area contributed by atoms with Gasteiger partial charge in [-0.05, 0) is 35.7 Å². The summed E-state index contributed by atoms with van der Waals surface area (Å²) in [6.07, 6.45) is -2.00. The molecule has 1 fully saturated rings. The van der Waals surface area contributed by atoms with E-state index in [1.807, 2.05) is 36.4 Å². The Morgan fingerprint density at radius 3 is 2.62 bits per heavy atom. The number of nitriles is 1. The fourth-order valence-corrected chi connectivity index (χ4v) is 4.24. The number of fused-ring (bicyclic) bond motifs is 1. The highest BCUT2D eigenvalue weighted by molar-refractivity contribution is 5.82. The van der Waals surface area contributed by atoms with Gasteiger partial charge in [0.15, 0.2) is 11.7 Å². The molecular formula is C26H28N4O7. The minimum absolute atomic E-state index is 0.0306. The lowest BCUT2D eigenvalue weighted by molar-refractivity contribution is -0.136. The molecule has 1 aliphatic heterocycles. The summed E-state index contributed by atoms with van der Waals surface area (Å²) in [5.41, 5.74) is 2.95. The van der Waals surface area contributed by atoms with Crippen molar-refractivity contribution in [3.63, 3.8) is 0 Å². The number of rotatable bonds is 6. The molecule has 0 saturated carbocycles. The van der Waals surface area contributed by atoms with Crippen molar-refractivity contribution in [2.45, 2.75) is 31.1 Å². The maximum atomic E-state index is 12.9. The molecule has 3 aromatic rings. The second kappa shape index (κ2) is 10.5. The molecule has 0 spiro atoms. The number of ether oxygens (including phenoxy) is 2. The molecule has 37 heavy (non-hydrogen) atoms. The second-order valence-corrected chi connectivity index (χ2v) is 9.32. The number of methoxy groups -OCH3 is 1. The Morgan fingerprint density at radius 2 is 1.97 bits per heavy atom. The highest BCUT2D eigenvalue weighted by Gasteiger charge is 2.38. The summed E-state index contributed by atoms with van der Waals surface area (Å²) in [5, 5.41) is 21.8. The number of amides is 2. The Balaban J connectivity index is 1.43. The Kier molecular flexibility index (Phi) is 7.33. The van der Waals surface area contributed by atoms with Crippen LogP contribution in [0.3, 0.4) is 0 Å². The molecule has 2 amide bonds. The summed E-state index contributed by atoms with van der Waals surface area (Å²) >= 11 is 0. The fourth-order valence-electron chi connectivity index (χ4n) is 4.24. The van der Waals surface area contributed by atoms with Crippen LogP contribution in [0.2, 0.25) is 0 Å². The van der Waals surface area contributed by atoms with Gasteiger partial charge in [-0.25, -0.2) is 9.59 Å². The van der Waals surface area contributed by atoms with E-state index in [-0.39, 0.29) is 26.1 Å². The maximum Gasteiger partial charge on any atom is 0.419 e. The van der Waals surface area contributed by atoms with Gasteiger partial charge in [0.25, 0.3) is 5.91 Å². The molecular weight excluding hydrogens is 480 g/mol. The number of carboxylic acid groups (broad SMARTS) is 1. The molecule has 0 unspecified atom stereocenters. The van der Waals surface area contributed by atoms with Crippen LogP contribution < -0.4 is 11.1 Å². The van der Waals surface area contributed by atoms with Gasteiger partial charge in [0.1, 0.15) is 11.6 Å². The summed E-state index contributed by atoms with van der Waals surface area (Å²) in [6.45, 7) is 1.63. The van der Waals surface area contributed by atoms with E-state index in [1.54, 1.807) is 20.0 Å². The number of carbonyl (C=O) groups is 2.